The average Bonchev–Trinajstić information content (AvgIpc) is 3.25. The minimum atomic E-state index is -0.110. The van der Waals surface area contributed by atoms with E-state index < -0.39 is 0 Å². The quantitative estimate of drug-likeness (QED) is 0.324. The fourth-order valence-electron chi connectivity index (χ4n) is 3.67. The summed E-state index contributed by atoms with van der Waals surface area (Å²) in [6.07, 6.45) is 0. The highest BCUT2D eigenvalue weighted by molar-refractivity contribution is 7.99. The molecular weight excluding hydrogens is 446 g/mol. The van der Waals surface area contributed by atoms with Crippen molar-refractivity contribution in [2.75, 3.05) is 23.5 Å². The standard InChI is InChI=1S/C26H27N5O2S/c1-18-10-9-11-19(2)25(18)27-16-23-29-30-26(31(23)21-14-7-8-15-22(21)33-3)34-17-24(32)28-20-12-5-4-6-13-20/h4-15,27H,16-17H2,1-3H3,(H,28,32). The second kappa shape index (κ2) is 10.9. The second-order valence-corrected chi connectivity index (χ2v) is 8.67. The van der Waals surface area contributed by atoms with Gasteiger partial charge in [-0.15, -0.1) is 10.2 Å². The summed E-state index contributed by atoms with van der Waals surface area (Å²) in [5.41, 5.74) is 4.98. The van der Waals surface area contributed by atoms with Crippen LogP contribution in [-0.4, -0.2) is 33.5 Å². The summed E-state index contributed by atoms with van der Waals surface area (Å²) in [6, 6.07) is 23.3. The van der Waals surface area contributed by atoms with Crippen molar-refractivity contribution in [1.29, 1.82) is 0 Å². The lowest BCUT2D eigenvalue weighted by Crippen LogP contribution is -2.15. The minimum absolute atomic E-state index is 0.110. The summed E-state index contributed by atoms with van der Waals surface area (Å²) >= 11 is 1.33. The van der Waals surface area contributed by atoms with E-state index in [0.29, 0.717) is 17.5 Å². The van der Waals surface area contributed by atoms with E-state index >= 15 is 0 Å². The van der Waals surface area contributed by atoms with Crippen LogP contribution in [0.3, 0.4) is 0 Å². The lowest BCUT2D eigenvalue weighted by Gasteiger charge is -2.16. The Morgan fingerprint density at radius 3 is 2.38 bits per heavy atom. The van der Waals surface area contributed by atoms with E-state index in [1.807, 2.05) is 65.2 Å². The number of carbonyl (C=O) groups is 1. The van der Waals surface area contributed by atoms with Crippen LogP contribution in [0.1, 0.15) is 17.0 Å². The smallest absolute Gasteiger partial charge is 0.234 e. The van der Waals surface area contributed by atoms with Gasteiger partial charge in [-0.1, -0.05) is 60.3 Å². The Hall–Kier alpha value is -3.78. The Morgan fingerprint density at radius 2 is 1.65 bits per heavy atom. The van der Waals surface area contributed by atoms with Gasteiger partial charge in [0.05, 0.1) is 25.1 Å². The number of nitrogens with zero attached hydrogens (tertiary/aromatic N) is 3. The van der Waals surface area contributed by atoms with Gasteiger partial charge >= 0.3 is 0 Å². The highest BCUT2D eigenvalue weighted by Crippen LogP contribution is 2.29. The van der Waals surface area contributed by atoms with Crippen LogP contribution in [0.25, 0.3) is 5.69 Å². The summed E-state index contributed by atoms with van der Waals surface area (Å²) in [5.74, 6) is 1.51. The maximum atomic E-state index is 12.5. The van der Waals surface area contributed by atoms with Crippen molar-refractivity contribution >= 4 is 29.0 Å². The number of ether oxygens (including phenoxy) is 1. The SMILES string of the molecule is COc1ccccc1-n1c(CNc2c(C)cccc2C)nnc1SCC(=O)Nc1ccccc1. The molecular formula is C26H27N5O2S. The first-order valence-corrected chi connectivity index (χ1v) is 11.9. The van der Waals surface area contributed by atoms with Crippen molar-refractivity contribution in [3.8, 4) is 11.4 Å². The van der Waals surface area contributed by atoms with Crippen molar-refractivity contribution in [2.45, 2.75) is 25.5 Å². The van der Waals surface area contributed by atoms with Crippen molar-refractivity contribution in [1.82, 2.24) is 14.8 Å². The number of hydrogen-bond donors (Lipinski definition) is 2. The second-order valence-electron chi connectivity index (χ2n) is 7.73. The molecule has 8 heteroatoms. The van der Waals surface area contributed by atoms with Crippen molar-refractivity contribution in [2.24, 2.45) is 0 Å². The third kappa shape index (κ3) is 5.40. The molecule has 0 saturated heterocycles. The molecule has 7 nitrogen and oxygen atoms in total. The summed E-state index contributed by atoms with van der Waals surface area (Å²) in [6.45, 7) is 4.62. The highest BCUT2D eigenvalue weighted by atomic mass is 32.2. The number of para-hydroxylation sites is 4. The lowest BCUT2D eigenvalue weighted by molar-refractivity contribution is -0.113. The number of aromatic nitrogens is 3. The first-order valence-electron chi connectivity index (χ1n) is 10.9. The molecule has 0 unspecified atom stereocenters. The summed E-state index contributed by atoms with van der Waals surface area (Å²) < 4.78 is 7.54. The molecule has 4 aromatic rings. The van der Waals surface area contributed by atoms with Crippen LogP contribution in [0.15, 0.2) is 78.0 Å². The maximum absolute atomic E-state index is 12.5. The monoisotopic (exact) mass is 473 g/mol. The van der Waals surface area contributed by atoms with Gasteiger partial charge in [-0.3, -0.25) is 9.36 Å². The molecule has 0 radical (unpaired) electrons. The molecule has 1 aromatic heterocycles. The van der Waals surface area contributed by atoms with Crippen LogP contribution in [0.5, 0.6) is 5.75 Å². The summed E-state index contributed by atoms with van der Waals surface area (Å²) in [4.78, 5) is 12.5. The molecule has 0 aliphatic heterocycles. The van der Waals surface area contributed by atoms with Crippen LogP contribution >= 0.6 is 11.8 Å². The average molecular weight is 474 g/mol. The molecule has 0 bridgehead atoms. The third-order valence-corrected chi connectivity index (χ3v) is 6.25. The number of carbonyl (C=O) groups excluding carboxylic acids is 1. The first kappa shape index (κ1) is 23.4. The van der Waals surface area contributed by atoms with E-state index in [4.69, 9.17) is 4.74 Å². The van der Waals surface area contributed by atoms with Gasteiger partial charge in [0.2, 0.25) is 5.91 Å². The minimum Gasteiger partial charge on any atom is -0.495 e. The molecule has 0 fully saturated rings. The molecule has 174 valence electrons. The van der Waals surface area contributed by atoms with Gasteiger partial charge in [0.1, 0.15) is 5.75 Å². The number of benzene rings is 3. The van der Waals surface area contributed by atoms with E-state index in [9.17, 15) is 4.79 Å². The van der Waals surface area contributed by atoms with Gasteiger partial charge in [0.25, 0.3) is 0 Å². The molecule has 1 heterocycles. The van der Waals surface area contributed by atoms with Crippen LogP contribution in [0.2, 0.25) is 0 Å². The molecule has 2 N–H and O–H groups in total. The molecule has 34 heavy (non-hydrogen) atoms. The van der Waals surface area contributed by atoms with E-state index in [-0.39, 0.29) is 11.7 Å². The zero-order chi connectivity index (χ0) is 23.9. The van der Waals surface area contributed by atoms with Gasteiger partial charge < -0.3 is 15.4 Å². The summed E-state index contributed by atoms with van der Waals surface area (Å²) in [7, 11) is 1.64. The maximum Gasteiger partial charge on any atom is 0.234 e. The Kier molecular flexibility index (Phi) is 7.49. The van der Waals surface area contributed by atoms with Crippen LogP contribution in [0, 0.1) is 13.8 Å². The van der Waals surface area contributed by atoms with Gasteiger partial charge in [-0.25, -0.2) is 0 Å². The Bertz CT molecular complexity index is 1250. The van der Waals surface area contributed by atoms with Crippen LogP contribution in [0.4, 0.5) is 11.4 Å². The molecule has 1 amide bonds. The molecule has 0 aliphatic carbocycles. The Morgan fingerprint density at radius 1 is 0.941 bits per heavy atom. The zero-order valence-electron chi connectivity index (χ0n) is 19.4. The van der Waals surface area contributed by atoms with Gasteiger partial charge in [-0.05, 0) is 49.2 Å². The summed E-state index contributed by atoms with van der Waals surface area (Å²) in [5, 5.41) is 15.9. The number of nitrogens with one attached hydrogen (secondary N) is 2. The number of rotatable bonds is 9. The Balaban J connectivity index is 1.59. The largest absolute Gasteiger partial charge is 0.495 e. The third-order valence-electron chi connectivity index (χ3n) is 5.32. The van der Waals surface area contributed by atoms with Crippen molar-refractivity contribution in [3.05, 3.63) is 89.7 Å². The van der Waals surface area contributed by atoms with E-state index in [0.717, 1.165) is 34.0 Å². The highest BCUT2D eigenvalue weighted by Gasteiger charge is 2.19. The lowest BCUT2D eigenvalue weighted by atomic mass is 10.1. The predicted octanol–water partition coefficient (Wildman–Crippen LogP) is 5.24. The van der Waals surface area contributed by atoms with E-state index in [1.165, 1.54) is 11.8 Å². The van der Waals surface area contributed by atoms with Crippen LogP contribution < -0.4 is 15.4 Å². The molecule has 0 saturated carbocycles. The van der Waals surface area contributed by atoms with E-state index in [1.54, 1.807) is 7.11 Å². The molecule has 4 rings (SSSR count). The van der Waals surface area contributed by atoms with Gasteiger partial charge in [0.15, 0.2) is 11.0 Å². The fourth-order valence-corrected chi connectivity index (χ4v) is 4.44. The molecule has 0 atom stereocenters. The molecule has 3 aromatic carbocycles. The Labute approximate surface area is 203 Å². The predicted molar refractivity (Wildman–Crippen MR) is 137 cm³/mol. The normalized spacial score (nSPS) is 10.7. The van der Waals surface area contributed by atoms with Crippen molar-refractivity contribution < 1.29 is 9.53 Å². The van der Waals surface area contributed by atoms with Gasteiger partial charge in [-0.2, -0.15) is 0 Å². The number of hydrogen-bond acceptors (Lipinski definition) is 6. The topological polar surface area (TPSA) is 81.1 Å². The first-order chi connectivity index (χ1) is 16.6. The number of aryl methyl sites for hydroxylation is 2. The number of thioether (sulfide) groups is 1. The number of methoxy groups -OCH3 is 1. The number of anilines is 2. The molecule has 0 aliphatic rings. The number of amides is 1. The van der Waals surface area contributed by atoms with Crippen molar-refractivity contribution in [3.63, 3.8) is 0 Å². The van der Waals surface area contributed by atoms with E-state index in [2.05, 4.69) is 46.8 Å². The van der Waals surface area contributed by atoms with Gasteiger partial charge in [0, 0.05) is 11.4 Å². The van der Waals surface area contributed by atoms with Crippen LogP contribution in [-0.2, 0) is 11.3 Å². The zero-order valence-corrected chi connectivity index (χ0v) is 20.2. The fraction of sp³-hybridized carbons (Fsp3) is 0.192. The molecule has 0 spiro atoms.